The van der Waals surface area contributed by atoms with Crippen molar-refractivity contribution < 1.29 is 17.6 Å². The second-order valence-electron chi connectivity index (χ2n) is 6.47. The molecular formula is C18H17ClN4O4S2. The topological polar surface area (TPSA) is 105 Å². The second kappa shape index (κ2) is 8.23. The van der Waals surface area contributed by atoms with Crippen LogP contribution in [0.2, 0.25) is 5.02 Å². The molecule has 1 fully saturated rings. The van der Waals surface area contributed by atoms with Gasteiger partial charge in [0.15, 0.2) is 0 Å². The molecule has 4 rings (SSSR count). The number of rotatable bonds is 5. The lowest BCUT2D eigenvalue weighted by atomic mass is 10.0. The lowest BCUT2D eigenvalue weighted by Crippen LogP contribution is -2.49. The third kappa shape index (κ3) is 4.20. The first-order valence-electron chi connectivity index (χ1n) is 8.91. The van der Waals surface area contributed by atoms with Gasteiger partial charge in [-0.25, -0.2) is 8.42 Å². The van der Waals surface area contributed by atoms with Crippen LogP contribution in [0.1, 0.15) is 19.3 Å². The Labute approximate surface area is 176 Å². The van der Waals surface area contributed by atoms with Crippen molar-refractivity contribution in [3.05, 3.63) is 46.8 Å². The summed E-state index contributed by atoms with van der Waals surface area (Å²) in [6.07, 6.45) is 1.88. The summed E-state index contributed by atoms with van der Waals surface area (Å²) in [5.74, 6) is -0.291. The van der Waals surface area contributed by atoms with Crippen molar-refractivity contribution in [1.29, 1.82) is 0 Å². The predicted molar refractivity (Wildman–Crippen MR) is 109 cm³/mol. The highest BCUT2D eigenvalue weighted by atomic mass is 35.5. The largest absolute Gasteiger partial charge is 0.403 e. The van der Waals surface area contributed by atoms with Crippen LogP contribution in [0.25, 0.3) is 11.5 Å². The normalized spacial score (nSPS) is 17.9. The summed E-state index contributed by atoms with van der Waals surface area (Å²) in [7, 11) is -3.74. The standard InChI is InChI=1S/C18H17ClN4O4S2/c19-13-6-3-5-12(11-13)17-21-22-18(27-17)20-16(24)14-7-1-2-9-23(14)29(25,26)15-8-4-10-28-15/h3-6,8,10-11,14H,1-2,7,9H2,(H,20,22,24). The number of aromatic nitrogens is 2. The maximum Gasteiger partial charge on any atom is 0.322 e. The summed E-state index contributed by atoms with van der Waals surface area (Å²) >= 11 is 7.10. The zero-order valence-corrected chi connectivity index (χ0v) is 17.5. The molecule has 2 aromatic heterocycles. The first-order chi connectivity index (χ1) is 13.9. The van der Waals surface area contributed by atoms with Crippen LogP contribution >= 0.6 is 22.9 Å². The van der Waals surface area contributed by atoms with Gasteiger partial charge in [0.05, 0.1) is 0 Å². The van der Waals surface area contributed by atoms with E-state index in [1.807, 2.05) is 0 Å². The molecule has 3 heterocycles. The van der Waals surface area contributed by atoms with E-state index in [0.717, 1.165) is 17.8 Å². The molecule has 29 heavy (non-hydrogen) atoms. The van der Waals surface area contributed by atoms with Crippen LogP contribution in [0.3, 0.4) is 0 Å². The van der Waals surface area contributed by atoms with E-state index in [1.165, 1.54) is 4.31 Å². The van der Waals surface area contributed by atoms with Crippen molar-refractivity contribution in [2.75, 3.05) is 11.9 Å². The third-order valence-electron chi connectivity index (χ3n) is 4.54. The van der Waals surface area contributed by atoms with Gasteiger partial charge >= 0.3 is 6.01 Å². The highest BCUT2D eigenvalue weighted by Crippen LogP contribution is 2.29. The monoisotopic (exact) mass is 452 g/mol. The molecular weight excluding hydrogens is 436 g/mol. The minimum Gasteiger partial charge on any atom is -0.403 e. The number of sulfonamides is 1. The number of hydrogen-bond acceptors (Lipinski definition) is 7. The molecule has 3 aromatic rings. The highest BCUT2D eigenvalue weighted by molar-refractivity contribution is 7.91. The summed E-state index contributed by atoms with van der Waals surface area (Å²) in [6, 6.07) is 9.16. The van der Waals surface area contributed by atoms with Crippen LogP contribution in [0.5, 0.6) is 0 Å². The fourth-order valence-electron chi connectivity index (χ4n) is 3.18. The molecule has 0 aliphatic carbocycles. The van der Waals surface area contributed by atoms with E-state index in [4.69, 9.17) is 16.0 Å². The number of nitrogens with one attached hydrogen (secondary N) is 1. The minimum atomic E-state index is -3.74. The molecule has 0 bridgehead atoms. The zero-order valence-electron chi connectivity index (χ0n) is 15.1. The molecule has 0 spiro atoms. The summed E-state index contributed by atoms with van der Waals surface area (Å²) in [5, 5.41) is 12.5. The molecule has 1 aliphatic heterocycles. The molecule has 1 N–H and O–H groups in total. The van der Waals surface area contributed by atoms with Crippen molar-refractivity contribution >= 4 is 44.9 Å². The number of halogens is 1. The van der Waals surface area contributed by atoms with E-state index in [0.29, 0.717) is 23.4 Å². The number of amides is 1. The summed E-state index contributed by atoms with van der Waals surface area (Å²) in [4.78, 5) is 12.8. The number of benzene rings is 1. The second-order valence-corrected chi connectivity index (χ2v) is 9.97. The van der Waals surface area contributed by atoms with E-state index >= 15 is 0 Å². The van der Waals surface area contributed by atoms with E-state index in [9.17, 15) is 13.2 Å². The number of nitrogens with zero attached hydrogens (tertiary/aromatic N) is 3. The average molecular weight is 453 g/mol. The molecule has 1 amide bonds. The Balaban J connectivity index is 1.53. The third-order valence-corrected chi connectivity index (χ3v) is 8.06. The van der Waals surface area contributed by atoms with E-state index < -0.39 is 22.0 Å². The van der Waals surface area contributed by atoms with Gasteiger partial charge in [-0.3, -0.25) is 10.1 Å². The lowest BCUT2D eigenvalue weighted by Gasteiger charge is -2.32. The zero-order chi connectivity index (χ0) is 20.4. The van der Waals surface area contributed by atoms with Gasteiger partial charge in [-0.15, -0.1) is 16.4 Å². The smallest absolute Gasteiger partial charge is 0.322 e. The number of carbonyl (C=O) groups is 1. The van der Waals surface area contributed by atoms with Gasteiger partial charge in [0.1, 0.15) is 10.3 Å². The molecule has 1 aliphatic rings. The first kappa shape index (κ1) is 20.0. The highest BCUT2D eigenvalue weighted by Gasteiger charge is 2.38. The van der Waals surface area contributed by atoms with Crippen molar-refractivity contribution in [1.82, 2.24) is 14.5 Å². The van der Waals surface area contributed by atoms with Gasteiger partial charge in [-0.2, -0.15) is 4.31 Å². The van der Waals surface area contributed by atoms with Gasteiger partial charge < -0.3 is 4.42 Å². The van der Waals surface area contributed by atoms with E-state index in [1.54, 1.807) is 41.8 Å². The van der Waals surface area contributed by atoms with Gasteiger partial charge in [-0.05, 0) is 42.5 Å². The van der Waals surface area contributed by atoms with Gasteiger partial charge in [0.2, 0.25) is 11.8 Å². The van der Waals surface area contributed by atoms with Crippen LogP contribution in [-0.4, -0.2) is 41.4 Å². The molecule has 8 nitrogen and oxygen atoms in total. The fourth-order valence-corrected chi connectivity index (χ4v) is 6.15. The van der Waals surface area contributed by atoms with Crippen LogP contribution in [0.4, 0.5) is 6.01 Å². The summed E-state index contributed by atoms with van der Waals surface area (Å²) in [5.41, 5.74) is 0.616. The fraction of sp³-hybridized carbons (Fsp3) is 0.278. The molecule has 152 valence electrons. The van der Waals surface area contributed by atoms with Gasteiger partial charge in [0.25, 0.3) is 10.0 Å². The molecule has 1 aromatic carbocycles. The van der Waals surface area contributed by atoms with E-state index in [-0.39, 0.29) is 22.7 Å². The Morgan fingerprint density at radius 3 is 2.86 bits per heavy atom. The lowest BCUT2D eigenvalue weighted by molar-refractivity contribution is -0.120. The van der Waals surface area contributed by atoms with Gasteiger partial charge in [-0.1, -0.05) is 35.3 Å². The number of thiophene rings is 1. The van der Waals surface area contributed by atoms with Crippen LogP contribution < -0.4 is 5.32 Å². The molecule has 1 unspecified atom stereocenters. The molecule has 1 saturated heterocycles. The van der Waals surface area contributed by atoms with Crippen molar-refractivity contribution in [3.8, 4) is 11.5 Å². The maximum absolute atomic E-state index is 12.9. The van der Waals surface area contributed by atoms with Crippen LogP contribution in [0.15, 0.2) is 50.4 Å². The first-order valence-corrected chi connectivity index (χ1v) is 11.6. The van der Waals surface area contributed by atoms with Crippen LogP contribution in [-0.2, 0) is 14.8 Å². The molecule has 0 radical (unpaired) electrons. The van der Waals surface area contributed by atoms with Crippen molar-refractivity contribution in [2.24, 2.45) is 0 Å². The molecule has 11 heteroatoms. The van der Waals surface area contributed by atoms with Crippen LogP contribution in [0, 0.1) is 0 Å². The Bertz CT molecular complexity index is 1110. The number of hydrogen-bond donors (Lipinski definition) is 1. The van der Waals surface area contributed by atoms with E-state index in [2.05, 4.69) is 15.5 Å². The predicted octanol–water partition coefficient (Wildman–Crippen LogP) is 3.63. The molecule has 1 atom stereocenters. The van der Waals surface area contributed by atoms with Gasteiger partial charge in [0, 0.05) is 17.1 Å². The van der Waals surface area contributed by atoms with Crippen molar-refractivity contribution in [2.45, 2.75) is 29.5 Å². The number of carbonyl (C=O) groups excluding carboxylic acids is 1. The minimum absolute atomic E-state index is 0.0935. The Morgan fingerprint density at radius 1 is 1.24 bits per heavy atom. The van der Waals surface area contributed by atoms with Crippen molar-refractivity contribution in [3.63, 3.8) is 0 Å². The quantitative estimate of drug-likeness (QED) is 0.633. The summed E-state index contributed by atoms with van der Waals surface area (Å²) in [6.45, 7) is 0.288. The number of piperidine rings is 1. The Morgan fingerprint density at radius 2 is 2.10 bits per heavy atom. The molecule has 0 saturated carbocycles. The maximum atomic E-state index is 12.9. The number of anilines is 1. The average Bonchev–Trinajstić information content (AvgIpc) is 3.40. The Kier molecular flexibility index (Phi) is 5.68. The summed E-state index contributed by atoms with van der Waals surface area (Å²) < 4.78 is 32.8. The Hall–Kier alpha value is -2.27. The SMILES string of the molecule is O=C(Nc1nnc(-c2cccc(Cl)c2)o1)C1CCCCN1S(=O)(=O)c1cccs1.